The number of nitrogens with zero attached hydrogens (tertiary/aromatic N) is 3. The standard InChI is InChI=1S/C20H26FN5O/c1-14-17(22-20(23-19(14)27)24-26-11-4-5-12-26)13-15-16(21)7-6-8-18(15)25-9-2-3-10-25/h6-8H,2-5,9-13H2,1H3,(H2,22,23,24,27). The molecule has 0 aliphatic carbocycles. The van der Waals surface area contributed by atoms with Crippen molar-refractivity contribution in [1.82, 2.24) is 15.0 Å². The molecule has 2 fully saturated rings. The first-order valence-electron chi connectivity index (χ1n) is 9.75. The molecule has 0 bridgehead atoms. The van der Waals surface area contributed by atoms with Crippen molar-refractivity contribution in [3.05, 3.63) is 51.2 Å². The van der Waals surface area contributed by atoms with Crippen LogP contribution in [0.25, 0.3) is 0 Å². The third-order valence-corrected chi connectivity index (χ3v) is 5.51. The summed E-state index contributed by atoms with van der Waals surface area (Å²) in [5.74, 6) is 0.191. The first-order valence-corrected chi connectivity index (χ1v) is 9.75. The summed E-state index contributed by atoms with van der Waals surface area (Å²) in [5, 5.41) is 2.05. The van der Waals surface area contributed by atoms with Gasteiger partial charge in [0, 0.05) is 49.4 Å². The van der Waals surface area contributed by atoms with Gasteiger partial charge in [-0.3, -0.25) is 15.2 Å². The predicted octanol–water partition coefficient (Wildman–Crippen LogP) is 2.83. The normalized spacial score (nSPS) is 17.6. The number of rotatable bonds is 5. The molecule has 1 aromatic heterocycles. The molecule has 0 saturated carbocycles. The molecule has 1 aromatic carbocycles. The molecule has 0 amide bonds. The van der Waals surface area contributed by atoms with Crippen LogP contribution < -0.4 is 15.9 Å². The number of benzene rings is 1. The second kappa shape index (κ2) is 7.68. The number of halogens is 1. The predicted molar refractivity (Wildman–Crippen MR) is 105 cm³/mol. The molecule has 7 heteroatoms. The zero-order valence-corrected chi connectivity index (χ0v) is 15.7. The van der Waals surface area contributed by atoms with Crippen molar-refractivity contribution < 1.29 is 4.39 Å². The molecular weight excluding hydrogens is 345 g/mol. The van der Waals surface area contributed by atoms with E-state index in [9.17, 15) is 9.18 Å². The zero-order valence-electron chi connectivity index (χ0n) is 15.7. The number of anilines is 2. The average Bonchev–Trinajstić information content (AvgIpc) is 3.34. The van der Waals surface area contributed by atoms with E-state index in [-0.39, 0.29) is 11.4 Å². The van der Waals surface area contributed by atoms with Crippen molar-refractivity contribution >= 4 is 11.6 Å². The quantitative estimate of drug-likeness (QED) is 0.846. The van der Waals surface area contributed by atoms with E-state index >= 15 is 0 Å². The highest BCUT2D eigenvalue weighted by molar-refractivity contribution is 5.56. The average molecular weight is 371 g/mol. The lowest BCUT2D eigenvalue weighted by Crippen LogP contribution is -2.30. The van der Waals surface area contributed by atoms with E-state index in [1.54, 1.807) is 13.0 Å². The molecular formula is C20H26FN5O. The molecule has 0 spiro atoms. The van der Waals surface area contributed by atoms with Gasteiger partial charge in [-0.05, 0) is 44.7 Å². The lowest BCUT2D eigenvalue weighted by Gasteiger charge is -2.22. The summed E-state index contributed by atoms with van der Waals surface area (Å²) in [5.41, 5.74) is 5.70. The Kier molecular flexibility index (Phi) is 5.11. The van der Waals surface area contributed by atoms with Gasteiger partial charge in [0.1, 0.15) is 5.82 Å². The van der Waals surface area contributed by atoms with Crippen LogP contribution in [-0.4, -0.2) is 41.2 Å². The van der Waals surface area contributed by atoms with Crippen LogP contribution in [0.5, 0.6) is 0 Å². The summed E-state index contributed by atoms with van der Waals surface area (Å²) in [6.07, 6.45) is 4.82. The van der Waals surface area contributed by atoms with E-state index < -0.39 is 0 Å². The van der Waals surface area contributed by atoms with Crippen molar-refractivity contribution in [1.29, 1.82) is 0 Å². The van der Waals surface area contributed by atoms with E-state index in [0.29, 0.717) is 29.2 Å². The van der Waals surface area contributed by atoms with Crippen molar-refractivity contribution in [2.75, 3.05) is 36.5 Å². The molecule has 2 aromatic rings. The first kappa shape index (κ1) is 18.0. The second-order valence-corrected chi connectivity index (χ2v) is 7.40. The number of H-pyrrole nitrogens is 1. The SMILES string of the molecule is Cc1c(Cc2c(F)cccc2N2CCCC2)nc(NN2CCCC2)[nH]c1=O. The maximum absolute atomic E-state index is 14.7. The van der Waals surface area contributed by atoms with Gasteiger partial charge in [0.05, 0.1) is 5.69 Å². The van der Waals surface area contributed by atoms with Crippen LogP contribution >= 0.6 is 0 Å². The molecule has 4 rings (SSSR count). The molecule has 2 aliphatic heterocycles. The third-order valence-electron chi connectivity index (χ3n) is 5.51. The summed E-state index contributed by atoms with van der Waals surface area (Å²) in [7, 11) is 0. The Bertz CT molecular complexity index is 869. The largest absolute Gasteiger partial charge is 0.371 e. The Morgan fingerprint density at radius 1 is 1.15 bits per heavy atom. The van der Waals surface area contributed by atoms with Gasteiger partial charge >= 0.3 is 0 Å². The van der Waals surface area contributed by atoms with Crippen molar-refractivity contribution in [2.24, 2.45) is 0 Å². The van der Waals surface area contributed by atoms with Gasteiger partial charge in [-0.15, -0.1) is 0 Å². The molecule has 27 heavy (non-hydrogen) atoms. The highest BCUT2D eigenvalue weighted by atomic mass is 19.1. The molecule has 0 radical (unpaired) electrons. The van der Waals surface area contributed by atoms with Crippen LogP contribution in [0.1, 0.15) is 42.5 Å². The van der Waals surface area contributed by atoms with Crippen molar-refractivity contribution in [2.45, 2.75) is 39.0 Å². The van der Waals surface area contributed by atoms with Gasteiger partial charge in [0.25, 0.3) is 5.56 Å². The van der Waals surface area contributed by atoms with Crippen molar-refractivity contribution in [3.63, 3.8) is 0 Å². The van der Waals surface area contributed by atoms with Crippen LogP contribution in [0.3, 0.4) is 0 Å². The number of hydrogen-bond donors (Lipinski definition) is 2. The van der Waals surface area contributed by atoms with Gasteiger partial charge in [0.15, 0.2) is 0 Å². The van der Waals surface area contributed by atoms with Gasteiger partial charge in [-0.2, -0.15) is 0 Å². The van der Waals surface area contributed by atoms with E-state index in [1.807, 2.05) is 6.07 Å². The van der Waals surface area contributed by atoms with E-state index in [4.69, 9.17) is 0 Å². The number of hydrogen-bond acceptors (Lipinski definition) is 5. The minimum atomic E-state index is -0.241. The minimum absolute atomic E-state index is 0.180. The lowest BCUT2D eigenvalue weighted by atomic mass is 10.0. The fourth-order valence-corrected chi connectivity index (χ4v) is 3.93. The van der Waals surface area contributed by atoms with Crippen molar-refractivity contribution in [3.8, 4) is 0 Å². The molecule has 2 aliphatic rings. The molecule has 3 heterocycles. The number of aromatic nitrogens is 2. The summed E-state index contributed by atoms with van der Waals surface area (Å²) in [6, 6.07) is 5.21. The summed E-state index contributed by atoms with van der Waals surface area (Å²) >= 11 is 0. The number of nitrogens with one attached hydrogen (secondary N) is 2. The number of hydrazine groups is 1. The smallest absolute Gasteiger partial charge is 0.255 e. The van der Waals surface area contributed by atoms with Crippen LogP contribution in [0, 0.1) is 12.7 Å². The zero-order chi connectivity index (χ0) is 18.8. The van der Waals surface area contributed by atoms with Crippen LogP contribution in [0.2, 0.25) is 0 Å². The van der Waals surface area contributed by atoms with Gasteiger partial charge < -0.3 is 4.90 Å². The van der Waals surface area contributed by atoms with E-state index in [2.05, 4.69) is 25.3 Å². The fourth-order valence-electron chi connectivity index (χ4n) is 3.93. The molecule has 144 valence electrons. The Morgan fingerprint density at radius 3 is 2.59 bits per heavy atom. The van der Waals surface area contributed by atoms with E-state index in [0.717, 1.165) is 57.5 Å². The minimum Gasteiger partial charge on any atom is -0.371 e. The summed E-state index contributed by atoms with van der Waals surface area (Å²) < 4.78 is 14.7. The Morgan fingerprint density at radius 2 is 1.85 bits per heavy atom. The van der Waals surface area contributed by atoms with E-state index in [1.165, 1.54) is 6.07 Å². The maximum atomic E-state index is 14.7. The Hall–Kier alpha value is -2.41. The highest BCUT2D eigenvalue weighted by Gasteiger charge is 2.20. The molecule has 2 saturated heterocycles. The van der Waals surface area contributed by atoms with Gasteiger partial charge in [-0.25, -0.2) is 14.4 Å². The van der Waals surface area contributed by atoms with Gasteiger partial charge in [-0.1, -0.05) is 6.07 Å². The fraction of sp³-hybridized carbons (Fsp3) is 0.500. The third kappa shape index (κ3) is 3.83. The first-order chi connectivity index (χ1) is 13.1. The van der Waals surface area contributed by atoms with Crippen LogP contribution in [0.15, 0.2) is 23.0 Å². The second-order valence-electron chi connectivity index (χ2n) is 7.40. The summed E-state index contributed by atoms with van der Waals surface area (Å²) in [4.78, 5) is 22.0. The monoisotopic (exact) mass is 371 g/mol. The molecule has 6 nitrogen and oxygen atoms in total. The highest BCUT2D eigenvalue weighted by Crippen LogP contribution is 2.28. The Labute approximate surface area is 158 Å². The molecule has 2 N–H and O–H groups in total. The molecule has 0 atom stereocenters. The topological polar surface area (TPSA) is 64.3 Å². The lowest BCUT2D eigenvalue weighted by molar-refractivity contribution is 0.405. The number of aromatic amines is 1. The van der Waals surface area contributed by atoms with Crippen LogP contribution in [-0.2, 0) is 6.42 Å². The van der Waals surface area contributed by atoms with Crippen LogP contribution in [0.4, 0.5) is 16.0 Å². The molecule has 0 unspecified atom stereocenters. The van der Waals surface area contributed by atoms with Gasteiger partial charge in [0.2, 0.25) is 5.95 Å². The summed E-state index contributed by atoms with van der Waals surface area (Å²) in [6.45, 7) is 5.50. The Balaban J connectivity index is 1.66. The maximum Gasteiger partial charge on any atom is 0.255 e.